The van der Waals surface area contributed by atoms with Gasteiger partial charge in [-0.25, -0.2) is 0 Å². The van der Waals surface area contributed by atoms with Crippen molar-refractivity contribution in [3.05, 3.63) is 0 Å². The molecule has 0 saturated heterocycles. The standard InChI is InChI=1S/C12H23NO2/c1-2-3-8-15-12(14)11-6-4-10(9-13)5-7-11/h10-11H,2-9,13H2,1H3. The van der Waals surface area contributed by atoms with Crippen molar-refractivity contribution in [2.24, 2.45) is 17.6 Å². The summed E-state index contributed by atoms with van der Waals surface area (Å²) in [6, 6.07) is 0. The van der Waals surface area contributed by atoms with Crippen molar-refractivity contribution in [1.82, 2.24) is 0 Å². The van der Waals surface area contributed by atoms with Crippen LogP contribution in [-0.2, 0) is 9.53 Å². The number of ether oxygens (including phenoxy) is 1. The Hall–Kier alpha value is -0.570. The molecule has 88 valence electrons. The van der Waals surface area contributed by atoms with E-state index in [1.54, 1.807) is 0 Å². The second kappa shape index (κ2) is 6.83. The Morgan fingerprint density at radius 1 is 1.33 bits per heavy atom. The van der Waals surface area contributed by atoms with Gasteiger partial charge < -0.3 is 10.5 Å². The molecular weight excluding hydrogens is 190 g/mol. The van der Waals surface area contributed by atoms with E-state index in [1.165, 1.54) is 0 Å². The molecule has 1 saturated carbocycles. The highest BCUT2D eigenvalue weighted by Gasteiger charge is 2.26. The summed E-state index contributed by atoms with van der Waals surface area (Å²) in [4.78, 5) is 11.6. The molecule has 2 N–H and O–H groups in total. The SMILES string of the molecule is CCCCOC(=O)C1CCC(CN)CC1. The van der Waals surface area contributed by atoms with E-state index in [9.17, 15) is 4.79 Å². The van der Waals surface area contributed by atoms with Crippen LogP contribution >= 0.6 is 0 Å². The molecule has 0 unspecified atom stereocenters. The lowest BCUT2D eigenvalue weighted by Crippen LogP contribution is -2.27. The molecule has 1 aliphatic rings. The van der Waals surface area contributed by atoms with E-state index in [4.69, 9.17) is 10.5 Å². The van der Waals surface area contributed by atoms with Gasteiger partial charge in [0.15, 0.2) is 0 Å². The molecule has 1 rings (SSSR count). The number of hydrogen-bond acceptors (Lipinski definition) is 3. The largest absolute Gasteiger partial charge is 0.465 e. The minimum Gasteiger partial charge on any atom is -0.465 e. The molecule has 0 atom stereocenters. The zero-order valence-corrected chi connectivity index (χ0v) is 9.71. The molecule has 0 bridgehead atoms. The van der Waals surface area contributed by atoms with Gasteiger partial charge in [-0.2, -0.15) is 0 Å². The number of hydrogen-bond donors (Lipinski definition) is 1. The van der Waals surface area contributed by atoms with Crippen LogP contribution in [-0.4, -0.2) is 19.1 Å². The van der Waals surface area contributed by atoms with Crippen LogP contribution in [0.5, 0.6) is 0 Å². The van der Waals surface area contributed by atoms with Gasteiger partial charge in [0.2, 0.25) is 0 Å². The van der Waals surface area contributed by atoms with Crippen molar-refractivity contribution < 1.29 is 9.53 Å². The second-order valence-electron chi connectivity index (χ2n) is 4.47. The molecule has 3 nitrogen and oxygen atoms in total. The molecule has 0 radical (unpaired) electrons. The van der Waals surface area contributed by atoms with Crippen LogP contribution in [0.2, 0.25) is 0 Å². The lowest BCUT2D eigenvalue weighted by Gasteiger charge is -2.26. The van der Waals surface area contributed by atoms with Crippen LogP contribution in [0.4, 0.5) is 0 Å². The van der Waals surface area contributed by atoms with Gasteiger partial charge in [0.05, 0.1) is 12.5 Å². The van der Waals surface area contributed by atoms with Gasteiger partial charge >= 0.3 is 5.97 Å². The third kappa shape index (κ3) is 4.20. The molecule has 0 aromatic heterocycles. The maximum atomic E-state index is 11.6. The highest BCUT2D eigenvalue weighted by molar-refractivity contribution is 5.72. The van der Waals surface area contributed by atoms with E-state index in [-0.39, 0.29) is 11.9 Å². The third-order valence-corrected chi connectivity index (χ3v) is 3.26. The van der Waals surface area contributed by atoms with E-state index in [2.05, 4.69) is 6.92 Å². The normalized spacial score (nSPS) is 26.3. The third-order valence-electron chi connectivity index (χ3n) is 3.26. The van der Waals surface area contributed by atoms with Crippen molar-refractivity contribution >= 4 is 5.97 Å². The van der Waals surface area contributed by atoms with Crippen LogP contribution in [0.15, 0.2) is 0 Å². The summed E-state index contributed by atoms with van der Waals surface area (Å²) in [5.74, 6) is 0.785. The highest BCUT2D eigenvalue weighted by Crippen LogP contribution is 2.28. The molecule has 1 fully saturated rings. The second-order valence-corrected chi connectivity index (χ2v) is 4.47. The first-order valence-electron chi connectivity index (χ1n) is 6.14. The molecule has 3 heteroatoms. The quantitative estimate of drug-likeness (QED) is 0.562. The topological polar surface area (TPSA) is 52.3 Å². The monoisotopic (exact) mass is 213 g/mol. The van der Waals surface area contributed by atoms with Crippen LogP contribution in [0.25, 0.3) is 0 Å². The number of carbonyl (C=O) groups excluding carboxylic acids is 1. The predicted molar refractivity (Wildman–Crippen MR) is 60.4 cm³/mol. The zero-order chi connectivity index (χ0) is 11.1. The lowest BCUT2D eigenvalue weighted by atomic mass is 9.82. The molecule has 0 aromatic carbocycles. The maximum absolute atomic E-state index is 11.6. The Bertz CT molecular complexity index is 186. The van der Waals surface area contributed by atoms with Crippen molar-refractivity contribution in [2.45, 2.75) is 45.4 Å². The first kappa shape index (κ1) is 12.5. The minimum absolute atomic E-state index is 0.0129. The maximum Gasteiger partial charge on any atom is 0.308 e. The van der Waals surface area contributed by atoms with Crippen LogP contribution in [0.1, 0.15) is 45.4 Å². The fraction of sp³-hybridized carbons (Fsp3) is 0.917. The van der Waals surface area contributed by atoms with E-state index >= 15 is 0 Å². The summed E-state index contributed by atoms with van der Waals surface area (Å²) < 4.78 is 5.22. The molecule has 0 spiro atoms. The minimum atomic E-state index is 0.0129. The fourth-order valence-corrected chi connectivity index (χ4v) is 2.07. The van der Waals surface area contributed by atoms with Gasteiger partial charge in [-0.3, -0.25) is 4.79 Å². The van der Waals surface area contributed by atoms with Crippen molar-refractivity contribution in [3.8, 4) is 0 Å². The highest BCUT2D eigenvalue weighted by atomic mass is 16.5. The number of unbranched alkanes of at least 4 members (excludes halogenated alkanes) is 1. The molecule has 15 heavy (non-hydrogen) atoms. The Kier molecular flexibility index (Phi) is 5.69. The van der Waals surface area contributed by atoms with E-state index in [0.717, 1.165) is 45.1 Å². The van der Waals surface area contributed by atoms with Crippen LogP contribution in [0.3, 0.4) is 0 Å². The van der Waals surface area contributed by atoms with E-state index in [1.807, 2.05) is 0 Å². The Morgan fingerprint density at radius 3 is 2.53 bits per heavy atom. The van der Waals surface area contributed by atoms with Gasteiger partial charge in [0, 0.05) is 0 Å². The van der Waals surface area contributed by atoms with Gasteiger partial charge in [0.1, 0.15) is 0 Å². The first-order chi connectivity index (χ1) is 7.27. The van der Waals surface area contributed by atoms with Crippen molar-refractivity contribution in [1.29, 1.82) is 0 Å². The number of esters is 1. The summed E-state index contributed by atoms with van der Waals surface area (Å²) in [6.45, 7) is 3.45. The molecule has 0 heterocycles. The number of carbonyl (C=O) groups is 1. The Balaban J connectivity index is 2.18. The predicted octanol–water partition coefficient (Wildman–Crippen LogP) is 2.09. The summed E-state index contributed by atoms with van der Waals surface area (Å²) in [7, 11) is 0. The average Bonchev–Trinajstić information content (AvgIpc) is 2.29. The molecule has 0 aliphatic heterocycles. The summed E-state index contributed by atoms with van der Waals surface area (Å²) >= 11 is 0. The van der Waals surface area contributed by atoms with Gasteiger partial charge in [-0.15, -0.1) is 0 Å². The summed E-state index contributed by atoms with van der Waals surface area (Å²) in [5.41, 5.74) is 5.61. The van der Waals surface area contributed by atoms with E-state index < -0.39 is 0 Å². The molecule has 0 aromatic rings. The summed E-state index contributed by atoms with van der Waals surface area (Å²) in [6.07, 6.45) is 6.16. The molecular formula is C12H23NO2. The molecule has 0 amide bonds. The fourth-order valence-electron chi connectivity index (χ4n) is 2.07. The summed E-state index contributed by atoms with van der Waals surface area (Å²) in [5, 5.41) is 0. The van der Waals surface area contributed by atoms with E-state index in [0.29, 0.717) is 12.5 Å². The lowest BCUT2D eigenvalue weighted by molar-refractivity contribution is -0.150. The number of nitrogens with two attached hydrogens (primary N) is 1. The van der Waals surface area contributed by atoms with Crippen LogP contribution in [0, 0.1) is 11.8 Å². The van der Waals surface area contributed by atoms with Gasteiger partial charge in [-0.05, 0) is 44.6 Å². The Morgan fingerprint density at radius 2 is 2.00 bits per heavy atom. The molecule has 1 aliphatic carbocycles. The van der Waals surface area contributed by atoms with Crippen molar-refractivity contribution in [2.75, 3.05) is 13.2 Å². The van der Waals surface area contributed by atoms with Gasteiger partial charge in [0.25, 0.3) is 0 Å². The Labute approximate surface area is 92.4 Å². The van der Waals surface area contributed by atoms with Gasteiger partial charge in [-0.1, -0.05) is 13.3 Å². The number of rotatable bonds is 5. The van der Waals surface area contributed by atoms with Crippen molar-refractivity contribution in [3.63, 3.8) is 0 Å². The van der Waals surface area contributed by atoms with Crippen LogP contribution < -0.4 is 5.73 Å². The smallest absolute Gasteiger partial charge is 0.308 e. The average molecular weight is 213 g/mol. The first-order valence-corrected chi connectivity index (χ1v) is 6.14. The zero-order valence-electron chi connectivity index (χ0n) is 9.71.